The van der Waals surface area contributed by atoms with Crippen LogP contribution >= 0.6 is 0 Å². The van der Waals surface area contributed by atoms with Crippen LogP contribution in [-0.4, -0.2) is 70.3 Å². The van der Waals surface area contributed by atoms with Crippen molar-refractivity contribution < 1.29 is 42.2 Å². The number of ether oxygens (including phenoxy) is 4. The summed E-state index contributed by atoms with van der Waals surface area (Å²) in [5, 5.41) is 12.2. The van der Waals surface area contributed by atoms with Crippen LogP contribution in [0, 0.1) is 0 Å². The summed E-state index contributed by atoms with van der Waals surface area (Å²) in [6.45, 7) is 0.282. The van der Waals surface area contributed by atoms with E-state index in [0.717, 1.165) is 9.87 Å². The summed E-state index contributed by atoms with van der Waals surface area (Å²) < 4.78 is 48.9. The highest BCUT2D eigenvalue weighted by atomic mass is 32.2. The number of esters is 1. The Hall–Kier alpha value is -3.55. The van der Waals surface area contributed by atoms with Gasteiger partial charge in [0.15, 0.2) is 0 Å². The van der Waals surface area contributed by atoms with Gasteiger partial charge in [-0.3, -0.25) is 14.8 Å². The average molecular weight is 524 g/mol. The number of methoxy groups -OCH3 is 3. The molecule has 0 aromatic heterocycles. The lowest BCUT2D eigenvalue weighted by Gasteiger charge is -2.27. The number of anilines is 1. The zero-order valence-corrected chi connectivity index (χ0v) is 21.0. The van der Waals surface area contributed by atoms with Crippen LogP contribution in [0.4, 0.5) is 5.69 Å². The fraction of sp³-hybridized carbons (Fsp3) is 0.391. The maximum atomic E-state index is 13.5. The molecule has 1 amide bonds. The molecule has 3 N–H and O–H groups in total. The predicted molar refractivity (Wildman–Crippen MR) is 128 cm³/mol. The van der Waals surface area contributed by atoms with Gasteiger partial charge in [-0.15, -0.1) is 0 Å². The molecule has 0 spiro atoms. The Bertz CT molecular complexity index is 1180. The third-order valence-electron chi connectivity index (χ3n) is 5.61. The van der Waals surface area contributed by atoms with Gasteiger partial charge in [-0.1, -0.05) is 0 Å². The van der Waals surface area contributed by atoms with Gasteiger partial charge >= 0.3 is 5.97 Å². The summed E-state index contributed by atoms with van der Waals surface area (Å²) >= 11 is 0. The Morgan fingerprint density at radius 3 is 2.39 bits per heavy atom. The second-order valence-corrected chi connectivity index (χ2v) is 9.68. The third-order valence-corrected chi connectivity index (χ3v) is 7.58. The van der Waals surface area contributed by atoms with Gasteiger partial charge in [-0.25, -0.2) is 13.9 Å². The lowest BCUT2D eigenvalue weighted by Crippen LogP contribution is -2.49. The van der Waals surface area contributed by atoms with Gasteiger partial charge in [0.1, 0.15) is 34.8 Å². The summed E-state index contributed by atoms with van der Waals surface area (Å²) in [5.74, 6) is 0.0846. The van der Waals surface area contributed by atoms with Gasteiger partial charge in [-0.2, -0.15) is 4.31 Å². The van der Waals surface area contributed by atoms with Crippen molar-refractivity contribution in [1.29, 1.82) is 0 Å². The van der Waals surface area contributed by atoms with E-state index >= 15 is 0 Å². The highest BCUT2D eigenvalue weighted by Crippen LogP contribution is 2.33. The number of rotatable bonds is 10. The SMILES string of the molecule is COC(=O)CC[C@@H](C(=O)NO)N1CCNc2cc(OCc3cc(OC)cc(OC)c3)ccc2S1(=O)=O. The molecule has 1 aliphatic rings. The van der Waals surface area contributed by atoms with Gasteiger partial charge in [0, 0.05) is 31.6 Å². The number of sulfonamides is 1. The molecule has 0 radical (unpaired) electrons. The van der Waals surface area contributed by atoms with Crippen molar-refractivity contribution >= 4 is 27.6 Å². The number of benzene rings is 2. The predicted octanol–water partition coefficient (Wildman–Crippen LogP) is 1.53. The van der Waals surface area contributed by atoms with Gasteiger partial charge in [0.25, 0.3) is 5.91 Å². The molecule has 2 aromatic rings. The Balaban J connectivity index is 1.84. The summed E-state index contributed by atoms with van der Waals surface area (Å²) in [7, 11) is 0.113. The summed E-state index contributed by atoms with van der Waals surface area (Å²) in [6, 6.07) is 8.47. The van der Waals surface area contributed by atoms with Gasteiger partial charge < -0.3 is 24.3 Å². The molecular weight excluding hydrogens is 494 g/mol. The molecule has 196 valence electrons. The van der Waals surface area contributed by atoms with Crippen LogP contribution in [0.1, 0.15) is 18.4 Å². The highest BCUT2D eigenvalue weighted by Gasteiger charge is 2.38. The first-order valence-electron chi connectivity index (χ1n) is 11.0. The van der Waals surface area contributed by atoms with E-state index in [2.05, 4.69) is 10.1 Å². The van der Waals surface area contributed by atoms with Crippen LogP contribution in [0.3, 0.4) is 0 Å². The zero-order chi connectivity index (χ0) is 26.3. The minimum atomic E-state index is -4.17. The van der Waals surface area contributed by atoms with E-state index in [1.807, 2.05) is 0 Å². The van der Waals surface area contributed by atoms with Crippen molar-refractivity contribution in [2.24, 2.45) is 0 Å². The molecule has 1 aliphatic heterocycles. The first-order valence-corrected chi connectivity index (χ1v) is 12.4. The molecule has 1 heterocycles. The van der Waals surface area contributed by atoms with Crippen molar-refractivity contribution in [3.63, 3.8) is 0 Å². The summed E-state index contributed by atoms with van der Waals surface area (Å²) in [6.07, 6.45) is -0.373. The van der Waals surface area contributed by atoms with Gasteiger partial charge in [0.2, 0.25) is 10.0 Å². The van der Waals surface area contributed by atoms with Crippen molar-refractivity contribution in [3.05, 3.63) is 42.0 Å². The fourth-order valence-corrected chi connectivity index (χ4v) is 5.56. The van der Waals surface area contributed by atoms with Gasteiger partial charge in [-0.05, 0) is 36.2 Å². The van der Waals surface area contributed by atoms with E-state index in [0.29, 0.717) is 22.9 Å². The van der Waals surface area contributed by atoms with E-state index in [4.69, 9.17) is 19.4 Å². The van der Waals surface area contributed by atoms with Crippen molar-refractivity contribution in [3.8, 4) is 17.2 Å². The van der Waals surface area contributed by atoms with Crippen molar-refractivity contribution in [2.45, 2.75) is 30.4 Å². The largest absolute Gasteiger partial charge is 0.497 e. The molecule has 2 aromatic carbocycles. The number of hydrogen-bond acceptors (Lipinski definition) is 10. The quantitative estimate of drug-likeness (QED) is 0.237. The lowest BCUT2D eigenvalue weighted by molar-refractivity contribution is -0.141. The van der Waals surface area contributed by atoms with E-state index in [-0.39, 0.29) is 37.4 Å². The first-order chi connectivity index (χ1) is 17.2. The van der Waals surface area contributed by atoms with Gasteiger partial charge in [0.05, 0.1) is 27.0 Å². The molecule has 0 fully saturated rings. The second kappa shape index (κ2) is 11.9. The number of nitrogens with zero attached hydrogens (tertiary/aromatic N) is 1. The maximum absolute atomic E-state index is 13.5. The van der Waals surface area contributed by atoms with Crippen molar-refractivity contribution in [1.82, 2.24) is 9.79 Å². The van der Waals surface area contributed by atoms with E-state index in [9.17, 15) is 18.0 Å². The molecule has 13 heteroatoms. The number of amides is 1. The highest BCUT2D eigenvalue weighted by molar-refractivity contribution is 7.89. The average Bonchev–Trinajstić information content (AvgIpc) is 3.02. The monoisotopic (exact) mass is 523 g/mol. The fourth-order valence-electron chi connectivity index (χ4n) is 3.79. The number of hydrogen-bond donors (Lipinski definition) is 3. The van der Waals surface area contributed by atoms with Crippen LogP contribution in [0.15, 0.2) is 41.3 Å². The van der Waals surface area contributed by atoms with Crippen LogP contribution in [0.5, 0.6) is 17.2 Å². The van der Waals surface area contributed by atoms with Crippen LogP contribution in [0.2, 0.25) is 0 Å². The van der Waals surface area contributed by atoms with E-state index in [1.165, 1.54) is 24.7 Å². The standard InChI is InChI=1S/C23H29N3O9S/c1-32-17-10-15(11-18(12-17)33-2)14-35-16-4-6-21-19(13-16)24-8-9-26(36(21,30)31)20(23(28)25-29)5-7-22(27)34-3/h4,6,10-13,20,24,29H,5,7-9,14H2,1-3H3,(H,25,28)/t20-/m0/s1. The zero-order valence-electron chi connectivity index (χ0n) is 20.1. The van der Waals surface area contributed by atoms with E-state index in [1.54, 1.807) is 38.5 Å². The molecule has 36 heavy (non-hydrogen) atoms. The molecule has 0 saturated carbocycles. The lowest BCUT2D eigenvalue weighted by atomic mass is 10.1. The topological polar surface area (TPSA) is 153 Å². The van der Waals surface area contributed by atoms with Crippen LogP contribution in [0.25, 0.3) is 0 Å². The number of fused-ring (bicyclic) bond motifs is 1. The molecule has 12 nitrogen and oxygen atoms in total. The minimum absolute atomic E-state index is 0.0655. The first kappa shape index (κ1) is 27.0. The summed E-state index contributed by atoms with van der Waals surface area (Å²) in [5.41, 5.74) is 2.58. The molecular formula is C23H29N3O9S. The smallest absolute Gasteiger partial charge is 0.305 e. The number of nitrogens with one attached hydrogen (secondary N) is 2. The number of carbonyl (C=O) groups excluding carboxylic acids is 2. The number of hydroxylamine groups is 1. The Morgan fingerprint density at radius 2 is 1.78 bits per heavy atom. The third kappa shape index (κ3) is 6.17. The van der Waals surface area contributed by atoms with Crippen LogP contribution < -0.4 is 25.0 Å². The van der Waals surface area contributed by atoms with Crippen molar-refractivity contribution in [2.75, 3.05) is 39.7 Å². The second-order valence-electron chi connectivity index (χ2n) is 7.82. The van der Waals surface area contributed by atoms with E-state index < -0.39 is 27.9 Å². The minimum Gasteiger partial charge on any atom is -0.497 e. The molecule has 3 rings (SSSR count). The Kier molecular flexibility index (Phi) is 8.96. The maximum Gasteiger partial charge on any atom is 0.305 e. The molecule has 0 saturated heterocycles. The molecule has 1 atom stereocenters. The Morgan fingerprint density at radius 1 is 1.08 bits per heavy atom. The Labute approximate surface area is 209 Å². The summed E-state index contributed by atoms with van der Waals surface area (Å²) in [4.78, 5) is 23.8. The molecule has 0 unspecified atom stereocenters. The van der Waals surface area contributed by atoms with Crippen LogP contribution in [-0.2, 0) is 31.0 Å². The normalized spacial score (nSPS) is 15.4. The molecule has 0 aliphatic carbocycles. The number of carbonyl (C=O) groups is 2. The molecule has 0 bridgehead atoms.